The molecule has 0 unspecified atom stereocenters. The molecule has 2 aromatic rings. The molecule has 0 spiro atoms. The number of nitrogens with zero attached hydrogens (tertiary/aromatic N) is 1. The van der Waals surface area contributed by atoms with E-state index >= 15 is 0 Å². The van der Waals surface area contributed by atoms with Crippen molar-refractivity contribution in [1.29, 1.82) is 0 Å². The van der Waals surface area contributed by atoms with E-state index in [1.54, 1.807) is 49.6 Å². The van der Waals surface area contributed by atoms with E-state index in [1.165, 1.54) is 6.21 Å². The monoisotopic (exact) mass is 318 g/mol. The lowest BCUT2D eigenvalue weighted by molar-refractivity contribution is 0.415. The minimum absolute atomic E-state index is 0.193. The van der Waals surface area contributed by atoms with Crippen LogP contribution in [0.4, 0.5) is 0 Å². The van der Waals surface area contributed by atoms with Crippen LogP contribution in [-0.2, 0) is 10.0 Å². The number of nitrogens with one attached hydrogen (secondary N) is 1. The van der Waals surface area contributed by atoms with Crippen molar-refractivity contribution in [3.8, 4) is 5.75 Å². The van der Waals surface area contributed by atoms with Crippen molar-refractivity contribution in [3.05, 3.63) is 59.2 Å². The van der Waals surface area contributed by atoms with Gasteiger partial charge in [0.25, 0.3) is 10.0 Å². The number of benzene rings is 2. The van der Waals surface area contributed by atoms with E-state index in [4.69, 9.17) is 4.74 Å². The number of hydrogen-bond acceptors (Lipinski definition) is 4. The van der Waals surface area contributed by atoms with Crippen LogP contribution in [0.3, 0.4) is 0 Å². The third-order valence-corrected chi connectivity index (χ3v) is 4.49. The lowest BCUT2D eigenvalue weighted by Gasteiger charge is -2.06. The summed E-state index contributed by atoms with van der Waals surface area (Å²) in [4.78, 5) is 2.40. The molecule has 2 rings (SSSR count). The second-order valence-corrected chi connectivity index (χ2v) is 6.54. The summed E-state index contributed by atoms with van der Waals surface area (Å²) in [5.74, 6) is 0.681. The zero-order valence-corrected chi connectivity index (χ0v) is 13.5. The van der Waals surface area contributed by atoms with Gasteiger partial charge in [0.15, 0.2) is 0 Å². The molecule has 6 heteroatoms. The Morgan fingerprint density at radius 1 is 1.09 bits per heavy atom. The highest BCUT2D eigenvalue weighted by molar-refractivity contribution is 7.89. The largest absolute Gasteiger partial charge is 0.497 e. The molecule has 0 aliphatic carbocycles. The van der Waals surface area contributed by atoms with Crippen molar-refractivity contribution in [2.75, 3.05) is 7.11 Å². The molecule has 0 saturated heterocycles. The van der Waals surface area contributed by atoms with Crippen LogP contribution >= 0.6 is 0 Å². The van der Waals surface area contributed by atoms with Crippen LogP contribution in [0, 0.1) is 13.8 Å². The quantitative estimate of drug-likeness (QED) is 0.680. The maximum absolute atomic E-state index is 12.2. The van der Waals surface area contributed by atoms with E-state index in [0.717, 1.165) is 16.7 Å². The Kier molecular flexibility index (Phi) is 4.82. The van der Waals surface area contributed by atoms with Gasteiger partial charge < -0.3 is 4.74 Å². The highest BCUT2D eigenvalue weighted by Gasteiger charge is 2.13. The van der Waals surface area contributed by atoms with Crippen molar-refractivity contribution in [3.63, 3.8) is 0 Å². The van der Waals surface area contributed by atoms with Gasteiger partial charge in [-0.2, -0.15) is 13.5 Å². The summed E-state index contributed by atoms with van der Waals surface area (Å²) in [5.41, 5.74) is 2.70. The molecular formula is C16H18N2O3S. The zero-order valence-electron chi connectivity index (χ0n) is 12.7. The Morgan fingerprint density at radius 3 is 2.55 bits per heavy atom. The summed E-state index contributed by atoms with van der Waals surface area (Å²) in [6.45, 7) is 3.80. The van der Waals surface area contributed by atoms with Gasteiger partial charge in [0.2, 0.25) is 0 Å². The lowest BCUT2D eigenvalue weighted by atomic mass is 10.1. The van der Waals surface area contributed by atoms with Gasteiger partial charge in [-0.1, -0.05) is 18.2 Å². The summed E-state index contributed by atoms with van der Waals surface area (Å²) >= 11 is 0. The highest BCUT2D eigenvalue weighted by Crippen LogP contribution is 2.14. The van der Waals surface area contributed by atoms with Gasteiger partial charge in [-0.3, -0.25) is 0 Å². The minimum Gasteiger partial charge on any atom is -0.497 e. The second kappa shape index (κ2) is 6.62. The molecule has 0 amide bonds. The third-order valence-electron chi connectivity index (χ3n) is 3.27. The average molecular weight is 318 g/mol. The Labute approximate surface area is 130 Å². The molecule has 1 N–H and O–H groups in total. The fourth-order valence-electron chi connectivity index (χ4n) is 1.83. The van der Waals surface area contributed by atoms with Gasteiger partial charge in [0, 0.05) is 0 Å². The molecule has 22 heavy (non-hydrogen) atoms. The van der Waals surface area contributed by atoms with Crippen LogP contribution in [-0.4, -0.2) is 21.7 Å². The SMILES string of the molecule is COc1cccc(/C=N/NS(=O)(=O)c2ccc(C)c(C)c2)c1. The average Bonchev–Trinajstić information content (AvgIpc) is 2.50. The fraction of sp³-hybridized carbons (Fsp3) is 0.188. The van der Waals surface area contributed by atoms with E-state index in [2.05, 4.69) is 9.93 Å². The number of methoxy groups -OCH3 is 1. The van der Waals surface area contributed by atoms with Crippen LogP contribution in [0.15, 0.2) is 52.5 Å². The van der Waals surface area contributed by atoms with E-state index in [9.17, 15) is 8.42 Å². The van der Waals surface area contributed by atoms with Gasteiger partial charge >= 0.3 is 0 Å². The molecule has 0 aliphatic heterocycles. The smallest absolute Gasteiger partial charge is 0.276 e. The third kappa shape index (κ3) is 3.85. The molecule has 2 aromatic carbocycles. The molecule has 0 aliphatic rings. The topological polar surface area (TPSA) is 67.8 Å². The minimum atomic E-state index is -3.66. The maximum atomic E-state index is 12.2. The van der Waals surface area contributed by atoms with E-state index in [1.807, 2.05) is 13.8 Å². The second-order valence-electron chi connectivity index (χ2n) is 4.88. The highest BCUT2D eigenvalue weighted by atomic mass is 32.2. The molecule has 0 fully saturated rings. The van der Waals surface area contributed by atoms with Gasteiger partial charge in [0.05, 0.1) is 18.2 Å². The molecule has 0 heterocycles. The predicted molar refractivity (Wildman–Crippen MR) is 86.8 cm³/mol. The Hall–Kier alpha value is -2.34. The number of aryl methyl sites for hydroxylation is 2. The normalized spacial score (nSPS) is 11.6. The number of hydrazone groups is 1. The molecular weight excluding hydrogens is 300 g/mol. The summed E-state index contributed by atoms with van der Waals surface area (Å²) in [6.07, 6.45) is 1.43. The van der Waals surface area contributed by atoms with E-state index < -0.39 is 10.0 Å². The first-order valence-electron chi connectivity index (χ1n) is 6.68. The summed E-state index contributed by atoms with van der Waals surface area (Å²) < 4.78 is 29.4. The van der Waals surface area contributed by atoms with Crippen LogP contribution in [0.2, 0.25) is 0 Å². The summed E-state index contributed by atoms with van der Waals surface area (Å²) in [7, 11) is -2.10. The zero-order chi connectivity index (χ0) is 16.2. The molecule has 0 atom stereocenters. The van der Waals surface area contributed by atoms with Gasteiger partial charge in [-0.25, -0.2) is 4.83 Å². The van der Waals surface area contributed by atoms with Gasteiger partial charge in [0.1, 0.15) is 5.75 Å². The molecule has 0 aromatic heterocycles. The maximum Gasteiger partial charge on any atom is 0.276 e. The van der Waals surface area contributed by atoms with Crippen molar-refractivity contribution in [1.82, 2.24) is 4.83 Å². The molecule has 116 valence electrons. The number of rotatable bonds is 5. The number of hydrogen-bond donors (Lipinski definition) is 1. The summed E-state index contributed by atoms with van der Waals surface area (Å²) in [5, 5.41) is 3.80. The Balaban J connectivity index is 2.15. The number of sulfonamides is 1. The predicted octanol–water partition coefficient (Wildman–Crippen LogP) is 2.62. The van der Waals surface area contributed by atoms with Crippen molar-refractivity contribution >= 4 is 16.2 Å². The fourth-order valence-corrected chi connectivity index (χ4v) is 2.70. The van der Waals surface area contributed by atoms with E-state index in [-0.39, 0.29) is 4.90 Å². The molecule has 5 nitrogen and oxygen atoms in total. The molecule has 0 saturated carbocycles. The van der Waals surface area contributed by atoms with Crippen molar-refractivity contribution < 1.29 is 13.2 Å². The first-order valence-corrected chi connectivity index (χ1v) is 8.17. The van der Waals surface area contributed by atoms with E-state index in [0.29, 0.717) is 5.75 Å². The lowest BCUT2D eigenvalue weighted by Crippen LogP contribution is -2.18. The van der Waals surface area contributed by atoms with Crippen LogP contribution < -0.4 is 9.57 Å². The number of ether oxygens (including phenoxy) is 1. The Bertz CT molecular complexity index is 799. The standard InChI is InChI=1S/C16H18N2O3S/c1-12-7-8-16(9-13(12)2)22(19,20)18-17-11-14-5-4-6-15(10-14)21-3/h4-11,18H,1-3H3/b17-11+. The molecule has 0 radical (unpaired) electrons. The van der Waals surface area contributed by atoms with Gasteiger partial charge in [-0.05, 0) is 54.8 Å². The summed E-state index contributed by atoms with van der Waals surface area (Å²) in [6, 6.07) is 12.1. The first kappa shape index (κ1) is 16.0. The van der Waals surface area contributed by atoms with Gasteiger partial charge in [-0.15, -0.1) is 0 Å². The first-order chi connectivity index (χ1) is 10.4. The van der Waals surface area contributed by atoms with Crippen molar-refractivity contribution in [2.45, 2.75) is 18.7 Å². The Morgan fingerprint density at radius 2 is 1.86 bits per heavy atom. The van der Waals surface area contributed by atoms with Crippen molar-refractivity contribution in [2.24, 2.45) is 5.10 Å². The van der Waals surface area contributed by atoms with Crippen LogP contribution in [0.25, 0.3) is 0 Å². The van der Waals surface area contributed by atoms with Crippen LogP contribution in [0.1, 0.15) is 16.7 Å². The van der Waals surface area contributed by atoms with Crippen LogP contribution in [0.5, 0.6) is 5.75 Å². The molecule has 0 bridgehead atoms.